The van der Waals surface area contributed by atoms with E-state index in [1.54, 1.807) is 0 Å². The third-order valence-electron chi connectivity index (χ3n) is 2.96. The van der Waals surface area contributed by atoms with Crippen LogP contribution in [0, 0.1) is 13.8 Å². The highest BCUT2D eigenvalue weighted by atomic mass is 16.1. The summed E-state index contributed by atoms with van der Waals surface area (Å²) < 4.78 is 0. The molecule has 0 N–H and O–H groups in total. The fourth-order valence-corrected chi connectivity index (χ4v) is 2.05. The summed E-state index contributed by atoms with van der Waals surface area (Å²) in [6.07, 6.45) is 1.66. The summed E-state index contributed by atoms with van der Waals surface area (Å²) in [6, 6.07) is 11.3. The van der Waals surface area contributed by atoms with Gasteiger partial charge in [-0.25, -0.2) is 0 Å². The van der Waals surface area contributed by atoms with Crippen molar-refractivity contribution in [3.63, 3.8) is 0 Å². The van der Waals surface area contributed by atoms with Gasteiger partial charge in [0.1, 0.15) is 0 Å². The molecule has 2 nitrogen and oxygen atoms in total. The van der Waals surface area contributed by atoms with E-state index >= 15 is 0 Å². The van der Waals surface area contributed by atoms with Crippen molar-refractivity contribution in [2.45, 2.75) is 13.8 Å². The van der Waals surface area contributed by atoms with E-state index in [1.165, 1.54) is 0 Å². The Balaban J connectivity index is 2.68. The van der Waals surface area contributed by atoms with E-state index in [0.717, 1.165) is 34.8 Å². The zero-order valence-electron chi connectivity index (χ0n) is 10.4. The molecular formula is C16H14O2. The first-order valence-corrected chi connectivity index (χ1v) is 5.77. The molecule has 2 heteroatoms. The van der Waals surface area contributed by atoms with Crippen LogP contribution in [0.1, 0.15) is 31.8 Å². The van der Waals surface area contributed by atoms with Gasteiger partial charge in [-0.15, -0.1) is 0 Å². The van der Waals surface area contributed by atoms with Crippen LogP contribution in [-0.2, 0) is 0 Å². The van der Waals surface area contributed by atoms with Gasteiger partial charge in [0.15, 0.2) is 12.6 Å². The number of carbonyl (C=O) groups is 2. The van der Waals surface area contributed by atoms with Gasteiger partial charge in [-0.05, 0) is 37.1 Å². The molecule has 0 aliphatic heterocycles. The van der Waals surface area contributed by atoms with Crippen LogP contribution in [0.15, 0.2) is 36.4 Å². The quantitative estimate of drug-likeness (QED) is 0.766. The first kappa shape index (κ1) is 12.2. The van der Waals surface area contributed by atoms with Gasteiger partial charge in [-0.2, -0.15) is 0 Å². The van der Waals surface area contributed by atoms with Gasteiger partial charge in [-0.3, -0.25) is 9.59 Å². The Bertz CT molecular complexity index is 557. The minimum Gasteiger partial charge on any atom is -0.298 e. The molecule has 0 saturated carbocycles. The summed E-state index contributed by atoms with van der Waals surface area (Å²) in [5.41, 5.74) is 4.89. The van der Waals surface area contributed by atoms with Gasteiger partial charge < -0.3 is 0 Å². The van der Waals surface area contributed by atoms with Crippen molar-refractivity contribution in [2.24, 2.45) is 0 Å². The average molecular weight is 238 g/mol. The Morgan fingerprint density at radius 1 is 0.722 bits per heavy atom. The lowest BCUT2D eigenvalue weighted by Crippen LogP contribution is -1.94. The standard InChI is InChI=1S/C16H14O2/c1-11-3-5-15(13(7-11)9-17)16-6-4-12(2)8-14(16)10-18/h3-10H,1-2H3. The van der Waals surface area contributed by atoms with E-state index in [0.29, 0.717) is 11.1 Å². The van der Waals surface area contributed by atoms with Crippen LogP contribution in [0.3, 0.4) is 0 Å². The third kappa shape index (κ3) is 2.23. The lowest BCUT2D eigenvalue weighted by molar-refractivity contribution is 0.111. The van der Waals surface area contributed by atoms with Crippen LogP contribution in [0.25, 0.3) is 11.1 Å². The van der Waals surface area contributed by atoms with E-state index in [1.807, 2.05) is 50.2 Å². The average Bonchev–Trinajstić information content (AvgIpc) is 2.38. The van der Waals surface area contributed by atoms with Crippen molar-refractivity contribution < 1.29 is 9.59 Å². The maximum atomic E-state index is 11.1. The number of rotatable bonds is 3. The molecule has 0 aliphatic rings. The van der Waals surface area contributed by atoms with E-state index in [4.69, 9.17) is 0 Å². The van der Waals surface area contributed by atoms with E-state index in [9.17, 15) is 9.59 Å². The second kappa shape index (κ2) is 4.96. The van der Waals surface area contributed by atoms with Crippen molar-refractivity contribution in [3.8, 4) is 11.1 Å². The molecular weight excluding hydrogens is 224 g/mol. The van der Waals surface area contributed by atoms with E-state index < -0.39 is 0 Å². The Morgan fingerprint density at radius 3 is 1.44 bits per heavy atom. The van der Waals surface area contributed by atoms with Crippen LogP contribution in [0.5, 0.6) is 0 Å². The van der Waals surface area contributed by atoms with Gasteiger partial charge in [-0.1, -0.05) is 35.4 Å². The summed E-state index contributed by atoms with van der Waals surface area (Å²) in [7, 11) is 0. The maximum Gasteiger partial charge on any atom is 0.150 e. The fourth-order valence-electron chi connectivity index (χ4n) is 2.05. The summed E-state index contributed by atoms with van der Waals surface area (Å²) in [5.74, 6) is 0. The molecule has 2 rings (SSSR count). The number of hydrogen-bond donors (Lipinski definition) is 0. The molecule has 90 valence electrons. The Hall–Kier alpha value is -2.22. The molecule has 0 amide bonds. The monoisotopic (exact) mass is 238 g/mol. The fraction of sp³-hybridized carbons (Fsp3) is 0.125. The maximum absolute atomic E-state index is 11.1. The second-order valence-corrected chi connectivity index (χ2v) is 4.42. The van der Waals surface area contributed by atoms with Gasteiger partial charge in [0.25, 0.3) is 0 Å². The van der Waals surface area contributed by atoms with E-state index in [2.05, 4.69) is 0 Å². The molecule has 0 aromatic heterocycles. The normalized spacial score (nSPS) is 10.1. The molecule has 0 bridgehead atoms. The highest BCUT2D eigenvalue weighted by Gasteiger charge is 2.09. The minimum absolute atomic E-state index is 0.613. The Labute approximate surface area is 106 Å². The first-order chi connectivity index (χ1) is 8.65. The van der Waals surface area contributed by atoms with Crippen molar-refractivity contribution >= 4 is 12.6 Å². The molecule has 0 heterocycles. The van der Waals surface area contributed by atoms with Crippen LogP contribution >= 0.6 is 0 Å². The molecule has 0 radical (unpaired) electrons. The molecule has 0 fully saturated rings. The van der Waals surface area contributed by atoms with Crippen molar-refractivity contribution in [1.82, 2.24) is 0 Å². The zero-order valence-corrected chi connectivity index (χ0v) is 10.4. The molecule has 2 aromatic carbocycles. The van der Waals surface area contributed by atoms with Crippen LogP contribution < -0.4 is 0 Å². The summed E-state index contributed by atoms with van der Waals surface area (Å²) >= 11 is 0. The van der Waals surface area contributed by atoms with Crippen LogP contribution in [0.4, 0.5) is 0 Å². The minimum atomic E-state index is 0.613. The van der Waals surface area contributed by atoms with E-state index in [-0.39, 0.29) is 0 Å². The summed E-state index contributed by atoms with van der Waals surface area (Å²) in [4.78, 5) is 22.3. The van der Waals surface area contributed by atoms with Gasteiger partial charge in [0, 0.05) is 11.1 Å². The lowest BCUT2D eigenvalue weighted by atomic mass is 9.94. The summed E-state index contributed by atoms with van der Waals surface area (Å²) in [6.45, 7) is 3.87. The highest BCUT2D eigenvalue weighted by molar-refractivity contribution is 5.94. The smallest absolute Gasteiger partial charge is 0.150 e. The zero-order chi connectivity index (χ0) is 13.1. The second-order valence-electron chi connectivity index (χ2n) is 4.42. The molecule has 0 atom stereocenters. The molecule has 0 aliphatic carbocycles. The molecule has 0 unspecified atom stereocenters. The first-order valence-electron chi connectivity index (χ1n) is 5.77. The molecule has 2 aromatic rings. The summed E-state index contributed by atoms with van der Waals surface area (Å²) in [5, 5.41) is 0. The van der Waals surface area contributed by atoms with Gasteiger partial charge >= 0.3 is 0 Å². The topological polar surface area (TPSA) is 34.1 Å². The van der Waals surface area contributed by atoms with Crippen LogP contribution in [0.2, 0.25) is 0 Å². The highest BCUT2D eigenvalue weighted by Crippen LogP contribution is 2.27. The molecule has 18 heavy (non-hydrogen) atoms. The van der Waals surface area contributed by atoms with Gasteiger partial charge in [0.2, 0.25) is 0 Å². The predicted octanol–water partition coefficient (Wildman–Crippen LogP) is 3.60. The van der Waals surface area contributed by atoms with Crippen molar-refractivity contribution in [3.05, 3.63) is 58.7 Å². The largest absolute Gasteiger partial charge is 0.298 e. The third-order valence-corrected chi connectivity index (χ3v) is 2.96. The van der Waals surface area contributed by atoms with Crippen LogP contribution in [-0.4, -0.2) is 12.6 Å². The van der Waals surface area contributed by atoms with Gasteiger partial charge in [0.05, 0.1) is 0 Å². The number of aryl methyl sites for hydroxylation is 2. The lowest BCUT2D eigenvalue weighted by Gasteiger charge is -2.09. The number of benzene rings is 2. The van der Waals surface area contributed by atoms with Crippen molar-refractivity contribution in [1.29, 1.82) is 0 Å². The number of carbonyl (C=O) groups excluding carboxylic acids is 2. The predicted molar refractivity (Wildman–Crippen MR) is 72.1 cm³/mol. The Kier molecular flexibility index (Phi) is 3.38. The molecule has 0 saturated heterocycles. The number of hydrogen-bond acceptors (Lipinski definition) is 2. The number of aldehydes is 2. The Morgan fingerprint density at radius 2 is 1.11 bits per heavy atom. The van der Waals surface area contributed by atoms with Crippen molar-refractivity contribution in [2.75, 3.05) is 0 Å². The SMILES string of the molecule is Cc1ccc(-c2ccc(C)cc2C=O)c(C=O)c1. The molecule has 0 spiro atoms.